The van der Waals surface area contributed by atoms with E-state index in [1.54, 1.807) is 0 Å². The monoisotopic (exact) mass is 279 g/mol. The summed E-state index contributed by atoms with van der Waals surface area (Å²) in [5, 5.41) is 5.97. The SMILES string of the molecule is CCC(C)NCc1ncc(-c2cccc3ccccc23)[nH]1. The number of aromatic nitrogens is 2. The van der Waals surface area contributed by atoms with Crippen LogP contribution in [0.5, 0.6) is 0 Å². The Hall–Kier alpha value is -2.13. The number of benzene rings is 2. The normalized spacial score (nSPS) is 12.7. The largest absolute Gasteiger partial charge is 0.341 e. The van der Waals surface area contributed by atoms with Crippen LogP contribution in [0.25, 0.3) is 22.0 Å². The van der Waals surface area contributed by atoms with Gasteiger partial charge in [-0.2, -0.15) is 0 Å². The van der Waals surface area contributed by atoms with E-state index in [4.69, 9.17) is 0 Å². The molecule has 3 heteroatoms. The maximum atomic E-state index is 4.49. The first-order valence-electron chi connectivity index (χ1n) is 7.53. The van der Waals surface area contributed by atoms with Crippen LogP contribution < -0.4 is 5.32 Å². The van der Waals surface area contributed by atoms with Gasteiger partial charge >= 0.3 is 0 Å². The van der Waals surface area contributed by atoms with Crippen molar-refractivity contribution in [1.82, 2.24) is 15.3 Å². The van der Waals surface area contributed by atoms with Crippen molar-refractivity contribution in [3.05, 3.63) is 54.5 Å². The first-order chi connectivity index (χ1) is 10.3. The summed E-state index contributed by atoms with van der Waals surface area (Å²) in [4.78, 5) is 7.92. The third kappa shape index (κ3) is 2.98. The van der Waals surface area contributed by atoms with Gasteiger partial charge in [-0.3, -0.25) is 0 Å². The summed E-state index contributed by atoms with van der Waals surface area (Å²) in [7, 11) is 0. The van der Waals surface area contributed by atoms with Crippen molar-refractivity contribution in [3.8, 4) is 11.3 Å². The Kier molecular flexibility index (Phi) is 4.02. The minimum Gasteiger partial charge on any atom is -0.341 e. The Morgan fingerprint density at radius 1 is 1.14 bits per heavy atom. The van der Waals surface area contributed by atoms with Crippen LogP contribution in [-0.4, -0.2) is 16.0 Å². The third-order valence-electron chi connectivity index (χ3n) is 3.94. The highest BCUT2D eigenvalue weighted by atomic mass is 15.0. The van der Waals surface area contributed by atoms with Crippen LogP contribution >= 0.6 is 0 Å². The van der Waals surface area contributed by atoms with Crippen LogP contribution in [0.4, 0.5) is 0 Å². The molecule has 21 heavy (non-hydrogen) atoms. The average molecular weight is 279 g/mol. The van der Waals surface area contributed by atoms with Crippen molar-refractivity contribution < 1.29 is 0 Å². The van der Waals surface area contributed by atoms with Gasteiger partial charge in [-0.25, -0.2) is 4.98 Å². The molecule has 0 spiro atoms. The molecule has 0 fully saturated rings. The summed E-state index contributed by atoms with van der Waals surface area (Å²) in [5.74, 6) is 0.984. The van der Waals surface area contributed by atoms with Gasteiger partial charge in [0.1, 0.15) is 5.82 Å². The number of nitrogens with one attached hydrogen (secondary N) is 2. The summed E-state index contributed by atoms with van der Waals surface area (Å²) in [6.07, 6.45) is 3.05. The summed E-state index contributed by atoms with van der Waals surface area (Å²) < 4.78 is 0. The van der Waals surface area contributed by atoms with Gasteiger partial charge in [-0.15, -0.1) is 0 Å². The van der Waals surface area contributed by atoms with Crippen molar-refractivity contribution in [3.63, 3.8) is 0 Å². The van der Waals surface area contributed by atoms with Crippen molar-refractivity contribution >= 4 is 10.8 Å². The molecule has 0 radical (unpaired) electrons. The number of hydrogen-bond acceptors (Lipinski definition) is 2. The number of fused-ring (bicyclic) bond motifs is 1. The molecule has 2 aromatic carbocycles. The summed E-state index contributed by atoms with van der Waals surface area (Å²) in [6.45, 7) is 5.15. The summed E-state index contributed by atoms with van der Waals surface area (Å²) in [5.41, 5.74) is 2.28. The zero-order chi connectivity index (χ0) is 14.7. The van der Waals surface area contributed by atoms with Crippen LogP contribution in [0.2, 0.25) is 0 Å². The molecule has 0 amide bonds. The van der Waals surface area contributed by atoms with Gasteiger partial charge < -0.3 is 10.3 Å². The molecule has 1 atom stereocenters. The maximum absolute atomic E-state index is 4.49. The van der Waals surface area contributed by atoms with Crippen molar-refractivity contribution in [2.24, 2.45) is 0 Å². The fraction of sp³-hybridized carbons (Fsp3) is 0.278. The fourth-order valence-corrected chi connectivity index (χ4v) is 2.46. The van der Waals surface area contributed by atoms with Crippen LogP contribution in [0.15, 0.2) is 48.7 Å². The molecule has 0 saturated heterocycles. The lowest BCUT2D eigenvalue weighted by molar-refractivity contribution is 0.525. The number of rotatable bonds is 5. The number of aromatic amines is 1. The summed E-state index contributed by atoms with van der Waals surface area (Å²) >= 11 is 0. The molecule has 3 aromatic rings. The number of H-pyrrole nitrogens is 1. The lowest BCUT2D eigenvalue weighted by atomic mass is 10.0. The van der Waals surface area contributed by atoms with E-state index in [-0.39, 0.29) is 0 Å². The lowest BCUT2D eigenvalue weighted by Crippen LogP contribution is -2.24. The second-order valence-electron chi connectivity index (χ2n) is 5.46. The van der Waals surface area contributed by atoms with Crippen LogP contribution in [0.1, 0.15) is 26.1 Å². The Morgan fingerprint density at radius 3 is 2.81 bits per heavy atom. The van der Waals surface area contributed by atoms with Gasteiger partial charge in [0.05, 0.1) is 18.4 Å². The zero-order valence-electron chi connectivity index (χ0n) is 12.6. The second kappa shape index (κ2) is 6.10. The van der Waals surface area contributed by atoms with Crippen LogP contribution in [0, 0.1) is 0 Å². The molecule has 0 aliphatic heterocycles. The molecular formula is C18H21N3. The molecule has 0 aliphatic rings. The van der Waals surface area contributed by atoms with E-state index in [1.807, 2.05) is 6.20 Å². The van der Waals surface area contributed by atoms with E-state index in [1.165, 1.54) is 16.3 Å². The van der Waals surface area contributed by atoms with E-state index < -0.39 is 0 Å². The quantitative estimate of drug-likeness (QED) is 0.737. The Balaban J connectivity index is 1.88. The molecule has 2 N–H and O–H groups in total. The van der Waals surface area contributed by atoms with Gasteiger partial charge in [0.25, 0.3) is 0 Å². The molecule has 3 nitrogen and oxygen atoms in total. The minimum absolute atomic E-state index is 0.510. The average Bonchev–Trinajstić information content (AvgIpc) is 3.00. The topological polar surface area (TPSA) is 40.7 Å². The zero-order valence-corrected chi connectivity index (χ0v) is 12.6. The first-order valence-corrected chi connectivity index (χ1v) is 7.53. The van der Waals surface area contributed by atoms with Crippen molar-refractivity contribution in [2.75, 3.05) is 0 Å². The fourth-order valence-electron chi connectivity index (χ4n) is 2.46. The van der Waals surface area contributed by atoms with Crippen LogP contribution in [0.3, 0.4) is 0 Å². The molecular weight excluding hydrogens is 258 g/mol. The van der Waals surface area contributed by atoms with E-state index in [2.05, 4.69) is 71.6 Å². The van der Waals surface area contributed by atoms with Gasteiger partial charge in [-0.1, -0.05) is 49.4 Å². The minimum atomic E-state index is 0.510. The number of nitrogens with zero attached hydrogens (tertiary/aromatic N) is 1. The highest BCUT2D eigenvalue weighted by Crippen LogP contribution is 2.27. The first kappa shape index (κ1) is 13.8. The van der Waals surface area contributed by atoms with Crippen molar-refractivity contribution in [1.29, 1.82) is 0 Å². The van der Waals surface area contributed by atoms with Crippen molar-refractivity contribution in [2.45, 2.75) is 32.9 Å². The highest BCUT2D eigenvalue weighted by molar-refractivity contribution is 5.95. The van der Waals surface area contributed by atoms with E-state index >= 15 is 0 Å². The number of imidazole rings is 1. The van der Waals surface area contributed by atoms with E-state index in [0.29, 0.717) is 6.04 Å². The molecule has 1 unspecified atom stereocenters. The molecule has 3 rings (SSSR count). The van der Waals surface area contributed by atoms with Gasteiger partial charge in [0.15, 0.2) is 0 Å². The van der Waals surface area contributed by atoms with E-state index in [0.717, 1.165) is 24.5 Å². The second-order valence-corrected chi connectivity index (χ2v) is 5.46. The molecule has 1 aromatic heterocycles. The standard InChI is InChI=1S/C18H21N3/c1-3-13(2)19-12-18-20-11-17(21-18)16-10-6-8-14-7-4-5-9-15(14)16/h4-11,13,19H,3,12H2,1-2H3,(H,20,21). The van der Waals surface area contributed by atoms with E-state index in [9.17, 15) is 0 Å². The predicted molar refractivity (Wildman–Crippen MR) is 88.1 cm³/mol. The van der Waals surface area contributed by atoms with Gasteiger partial charge in [-0.05, 0) is 24.1 Å². The molecule has 0 aliphatic carbocycles. The lowest BCUT2D eigenvalue weighted by Gasteiger charge is -2.09. The summed E-state index contributed by atoms with van der Waals surface area (Å²) in [6, 6.07) is 15.3. The Morgan fingerprint density at radius 2 is 1.95 bits per heavy atom. The molecule has 108 valence electrons. The molecule has 0 saturated carbocycles. The number of hydrogen-bond donors (Lipinski definition) is 2. The predicted octanol–water partition coefficient (Wildman–Crippen LogP) is 4.12. The third-order valence-corrected chi connectivity index (χ3v) is 3.94. The Labute approximate surface area is 125 Å². The highest BCUT2D eigenvalue weighted by Gasteiger charge is 2.07. The smallest absolute Gasteiger partial charge is 0.120 e. The maximum Gasteiger partial charge on any atom is 0.120 e. The van der Waals surface area contributed by atoms with Gasteiger partial charge in [0, 0.05) is 11.6 Å². The van der Waals surface area contributed by atoms with Gasteiger partial charge in [0.2, 0.25) is 0 Å². The van der Waals surface area contributed by atoms with Crippen LogP contribution in [-0.2, 0) is 6.54 Å². The Bertz CT molecular complexity index is 725. The molecule has 1 heterocycles. The molecule has 0 bridgehead atoms.